The highest BCUT2D eigenvalue weighted by Crippen LogP contribution is 2.20. The normalized spacial score (nSPS) is 14.8. The Labute approximate surface area is 132 Å². The van der Waals surface area contributed by atoms with Crippen LogP contribution in [0.25, 0.3) is 0 Å². The molecule has 1 fully saturated rings. The molecule has 1 aliphatic rings. The molecule has 1 heterocycles. The van der Waals surface area contributed by atoms with Crippen molar-refractivity contribution in [3.8, 4) is 6.07 Å². The number of benzene rings is 1. The number of hydrogen-bond acceptors (Lipinski definition) is 3. The monoisotopic (exact) mass is 300 g/mol. The zero-order valence-electron chi connectivity index (χ0n) is 13.4. The molecule has 2 amide bonds. The van der Waals surface area contributed by atoms with Crippen LogP contribution < -0.4 is 10.2 Å². The van der Waals surface area contributed by atoms with Gasteiger partial charge in [0.2, 0.25) is 0 Å². The Balaban J connectivity index is 1.85. The maximum atomic E-state index is 12.1. The number of amides is 2. The standard InChI is InChI=1S/C17H24N4O/c1-14(2)7-8-19-17(22)21-11-9-20(10-12-21)16-6-4-3-5-15(16)13-18/h3-6,14H,7-12H2,1-2H3,(H,19,22). The Hall–Kier alpha value is -2.22. The number of urea groups is 1. The van der Waals surface area contributed by atoms with E-state index in [4.69, 9.17) is 0 Å². The number of para-hydroxylation sites is 1. The summed E-state index contributed by atoms with van der Waals surface area (Å²) in [6.07, 6.45) is 1.00. The lowest BCUT2D eigenvalue weighted by atomic mass is 10.1. The SMILES string of the molecule is CC(C)CCNC(=O)N1CCN(c2ccccc2C#N)CC1. The molecular formula is C17H24N4O. The number of piperazine rings is 1. The number of carbonyl (C=O) groups is 1. The number of nitriles is 1. The van der Waals surface area contributed by atoms with E-state index in [-0.39, 0.29) is 6.03 Å². The Morgan fingerprint density at radius 2 is 1.95 bits per heavy atom. The number of anilines is 1. The molecule has 1 saturated heterocycles. The number of nitrogens with zero attached hydrogens (tertiary/aromatic N) is 3. The van der Waals surface area contributed by atoms with Crippen LogP contribution in [-0.2, 0) is 0 Å². The average molecular weight is 300 g/mol. The van der Waals surface area contributed by atoms with Crippen molar-refractivity contribution in [1.82, 2.24) is 10.2 Å². The van der Waals surface area contributed by atoms with E-state index in [1.807, 2.05) is 29.2 Å². The van der Waals surface area contributed by atoms with Gasteiger partial charge >= 0.3 is 6.03 Å². The van der Waals surface area contributed by atoms with Gasteiger partial charge in [0.25, 0.3) is 0 Å². The number of carbonyl (C=O) groups excluding carboxylic acids is 1. The summed E-state index contributed by atoms with van der Waals surface area (Å²) >= 11 is 0. The van der Waals surface area contributed by atoms with Gasteiger partial charge in [-0.05, 0) is 24.5 Å². The second kappa shape index (κ2) is 7.69. The molecule has 1 aromatic rings. The Bertz CT molecular complexity index is 542. The summed E-state index contributed by atoms with van der Waals surface area (Å²) in [6.45, 7) is 7.93. The van der Waals surface area contributed by atoms with Gasteiger partial charge in [-0.1, -0.05) is 26.0 Å². The summed E-state index contributed by atoms with van der Waals surface area (Å²) in [5.74, 6) is 0.597. The lowest BCUT2D eigenvalue weighted by molar-refractivity contribution is 0.194. The van der Waals surface area contributed by atoms with Gasteiger partial charge in [-0.15, -0.1) is 0 Å². The molecule has 0 aromatic heterocycles. The van der Waals surface area contributed by atoms with Crippen LogP contribution in [-0.4, -0.2) is 43.7 Å². The van der Waals surface area contributed by atoms with E-state index in [2.05, 4.69) is 30.1 Å². The molecule has 2 rings (SSSR count). The van der Waals surface area contributed by atoms with Crippen molar-refractivity contribution in [3.05, 3.63) is 29.8 Å². The van der Waals surface area contributed by atoms with Gasteiger partial charge in [-0.25, -0.2) is 4.79 Å². The molecule has 5 nitrogen and oxygen atoms in total. The van der Waals surface area contributed by atoms with Crippen molar-refractivity contribution in [2.45, 2.75) is 20.3 Å². The fourth-order valence-corrected chi connectivity index (χ4v) is 2.57. The van der Waals surface area contributed by atoms with Crippen LogP contribution >= 0.6 is 0 Å². The van der Waals surface area contributed by atoms with Crippen LogP contribution in [0, 0.1) is 17.2 Å². The van der Waals surface area contributed by atoms with Crippen LogP contribution in [0.3, 0.4) is 0 Å². The average Bonchev–Trinajstić information content (AvgIpc) is 2.54. The largest absolute Gasteiger partial charge is 0.367 e. The minimum atomic E-state index is 0.0221. The molecule has 22 heavy (non-hydrogen) atoms. The van der Waals surface area contributed by atoms with Gasteiger partial charge in [0.15, 0.2) is 0 Å². The third-order valence-electron chi connectivity index (χ3n) is 3.93. The highest BCUT2D eigenvalue weighted by Gasteiger charge is 2.22. The van der Waals surface area contributed by atoms with Gasteiger partial charge in [0.05, 0.1) is 11.3 Å². The number of rotatable bonds is 4. The Kier molecular flexibility index (Phi) is 5.65. The van der Waals surface area contributed by atoms with E-state index in [1.165, 1.54) is 0 Å². The second-order valence-electron chi connectivity index (χ2n) is 6.02. The predicted octanol–water partition coefficient (Wildman–Crippen LogP) is 2.44. The molecule has 0 unspecified atom stereocenters. The van der Waals surface area contributed by atoms with E-state index in [0.717, 1.165) is 31.7 Å². The molecule has 0 aliphatic carbocycles. The zero-order chi connectivity index (χ0) is 15.9. The van der Waals surface area contributed by atoms with Crippen molar-refractivity contribution in [2.24, 2.45) is 5.92 Å². The smallest absolute Gasteiger partial charge is 0.317 e. The second-order valence-corrected chi connectivity index (χ2v) is 6.02. The molecule has 0 bridgehead atoms. The summed E-state index contributed by atoms with van der Waals surface area (Å²) in [5, 5.41) is 12.2. The molecule has 5 heteroatoms. The molecule has 0 atom stereocenters. The van der Waals surface area contributed by atoms with Crippen molar-refractivity contribution in [2.75, 3.05) is 37.6 Å². The molecule has 118 valence electrons. The van der Waals surface area contributed by atoms with Crippen LogP contribution in [0.5, 0.6) is 0 Å². The summed E-state index contributed by atoms with van der Waals surface area (Å²) in [6, 6.07) is 9.88. The van der Waals surface area contributed by atoms with Gasteiger partial charge in [0, 0.05) is 32.7 Å². The molecule has 0 radical (unpaired) electrons. The molecular weight excluding hydrogens is 276 g/mol. The van der Waals surface area contributed by atoms with E-state index in [1.54, 1.807) is 0 Å². The first-order valence-corrected chi connectivity index (χ1v) is 7.88. The molecule has 0 spiro atoms. The van der Waals surface area contributed by atoms with E-state index in [0.29, 0.717) is 24.6 Å². The summed E-state index contributed by atoms with van der Waals surface area (Å²) in [4.78, 5) is 16.1. The molecule has 0 saturated carbocycles. The quantitative estimate of drug-likeness (QED) is 0.929. The van der Waals surface area contributed by atoms with Gasteiger partial charge in [-0.3, -0.25) is 0 Å². The van der Waals surface area contributed by atoms with Crippen molar-refractivity contribution in [1.29, 1.82) is 5.26 Å². The van der Waals surface area contributed by atoms with Crippen LogP contribution in [0.4, 0.5) is 10.5 Å². The van der Waals surface area contributed by atoms with Crippen molar-refractivity contribution >= 4 is 11.7 Å². The van der Waals surface area contributed by atoms with Crippen molar-refractivity contribution in [3.63, 3.8) is 0 Å². The summed E-state index contributed by atoms with van der Waals surface area (Å²) in [7, 11) is 0. The third kappa shape index (κ3) is 4.14. The fourth-order valence-electron chi connectivity index (χ4n) is 2.57. The van der Waals surface area contributed by atoms with Crippen LogP contribution in [0.2, 0.25) is 0 Å². The summed E-state index contributed by atoms with van der Waals surface area (Å²) < 4.78 is 0. The Morgan fingerprint density at radius 3 is 2.59 bits per heavy atom. The van der Waals surface area contributed by atoms with Crippen LogP contribution in [0.1, 0.15) is 25.8 Å². The molecule has 1 N–H and O–H groups in total. The first kappa shape index (κ1) is 16.2. The maximum Gasteiger partial charge on any atom is 0.317 e. The van der Waals surface area contributed by atoms with E-state index < -0.39 is 0 Å². The van der Waals surface area contributed by atoms with Gasteiger partial charge in [0.1, 0.15) is 6.07 Å². The molecule has 1 aliphatic heterocycles. The van der Waals surface area contributed by atoms with Gasteiger partial charge < -0.3 is 15.1 Å². The number of hydrogen-bond donors (Lipinski definition) is 1. The first-order valence-electron chi connectivity index (χ1n) is 7.88. The maximum absolute atomic E-state index is 12.1. The topological polar surface area (TPSA) is 59.4 Å². The number of nitrogens with one attached hydrogen (secondary N) is 1. The van der Waals surface area contributed by atoms with Crippen molar-refractivity contribution < 1.29 is 4.79 Å². The predicted molar refractivity (Wildman–Crippen MR) is 87.8 cm³/mol. The van der Waals surface area contributed by atoms with E-state index in [9.17, 15) is 10.1 Å². The minimum Gasteiger partial charge on any atom is -0.367 e. The highest BCUT2D eigenvalue weighted by molar-refractivity contribution is 5.74. The minimum absolute atomic E-state index is 0.0221. The highest BCUT2D eigenvalue weighted by atomic mass is 16.2. The van der Waals surface area contributed by atoms with Crippen LogP contribution in [0.15, 0.2) is 24.3 Å². The molecule has 1 aromatic carbocycles. The third-order valence-corrected chi connectivity index (χ3v) is 3.93. The lowest BCUT2D eigenvalue weighted by Gasteiger charge is -2.36. The Morgan fingerprint density at radius 1 is 1.27 bits per heavy atom. The first-order chi connectivity index (χ1) is 10.6. The lowest BCUT2D eigenvalue weighted by Crippen LogP contribution is -2.52. The van der Waals surface area contributed by atoms with E-state index >= 15 is 0 Å². The summed E-state index contributed by atoms with van der Waals surface area (Å²) in [5.41, 5.74) is 1.65. The fraction of sp³-hybridized carbons (Fsp3) is 0.529. The van der Waals surface area contributed by atoms with Gasteiger partial charge in [-0.2, -0.15) is 5.26 Å². The zero-order valence-corrected chi connectivity index (χ0v) is 13.4.